The summed E-state index contributed by atoms with van der Waals surface area (Å²) in [6, 6.07) is 54.8. The Morgan fingerprint density at radius 3 is 2.04 bits per heavy atom. The Labute approximate surface area is 295 Å². The summed E-state index contributed by atoms with van der Waals surface area (Å²) in [5, 5.41) is 4.44. The predicted octanol–water partition coefficient (Wildman–Crippen LogP) is 10.5. The van der Waals surface area contributed by atoms with Crippen LogP contribution in [0.4, 0.5) is 0 Å². The van der Waals surface area contributed by atoms with Crippen LogP contribution in [0.25, 0.3) is 84.4 Å². The second-order valence-corrected chi connectivity index (χ2v) is 12.6. The molecular weight excluding hydrogens is 623 g/mol. The lowest BCUT2D eigenvalue weighted by atomic mass is 10.0. The largest absolute Gasteiger partial charge is 0.455 e. The fourth-order valence-corrected chi connectivity index (χ4v) is 6.99. The van der Waals surface area contributed by atoms with E-state index >= 15 is 0 Å². The molecule has 0 unspecified atom stereocenters. The van der Waals surface area contributed by atoms with Gasteiger partial charge in [0.05, 0.1) is 22.4 Å². The second kappa shape index (κ2) is 12.9. The molecule has 0 atom stereocenters. The highest BCUT2D eigenvalue weighted by Crippen LogP contribution is 2.36. The lowest BCUT2D eigenvalue weighted by Gasteiger charge is -2.09. The topological polar surface area (TPSA) is 43.9 Å². The Balaban J connectivity index is 1.27. The van der Waals surface area contributed by atoms with Crippen LogP contribution in [0.1, 0.15) is 12.6 Å². The predicted molar refractivity (Wildman–Crippen MR) is 211 cm³/mol. The maximum Gasteiger partial charge on any atom is 0.160 e. The minimum absolute atomic E-state index is 0.679. The van der Waals surface area contributed by atoms with E-state index in [1.54, 1.807) is 0 Å². The zero-order valence-corrected chi connectivity index (χ0v) is 28.1. The van der Waals surface area contributed by atoms with Crippen LogP contribution in [-0.4, -0.2) is 14.5 Å². The number of hydrogen-bond donors (Lipinski definition) is 0. The first-order valence-corrected chi connectivity index (χ1v) is 17.2. The molecule has 0 amide bonds. The van der Waals surface area contributed by atoms with Gasteiger partial charge in [-0.25, -0.2) is 9.97 Å². The van der Waals surface area contributed by atoms with E-state index in [0.29, 0.717) is 5.82 Å². The van der Waals surface area contributed by atoms with Gasteiger partial charge < -0.3 is 8.98 Å². The summed E-state index contributed by atoms with van der Waals surface area (Å²) < 4.78 is 9.14. The molecule has 9 aromatic rings. The molecule has 3 heterocycles. The van der Waals surface area contributed by atoms with E-state index in [2.05, 4.69) is 120 Å². The zero-order valence-electron chi connectivity index (χ0n) is 28.1. The van der Waals surface area contributed by atoms with Crippen LogP contribution in [0.5, 0.6) is 0 Å². The second-order valence-electron chi connectivity index (χ2n) is 12.6. The molecule has 6 aromatic carbocycles. The van der Waals surface area contributed by atoms with Crippen molar-refractivity contribution in [3.63, 3.8) is 0 Å². The Morgan fingerprint density at radius 2 is 1.25 bits per heavy atom. The quantitative estimate of drug-likeness (QED) is 0.179. The lowest BCUT2D eigenvalue weighted by molar-refractivity contribution is 0.576. The summed E-state index contributed by atoms with van der Waals surface area (Å²) in [4.78, 5) is 10.0. The van der Waals surface area contributed by atoms with Gasteiger partial charge in [-0.05, 0) is 55.0 Å². The van der Waals surface area contributed by atoms with Gasteiger partial charge in [-0.1, -0.05) is 140 Å². The van der Waals surface area contributed by atoms with Crippen molar-refractivity contribution in [3.05, 3.63) is 186 Å². The molecule has 0 spiro atoms. The number of allylic oxidation sites excluding steroid dienone is 2. The number of para-hydroxylation sites is 3. The van der Waals surface area contributed by atoms with E-state index in [9.17, 15) is 0 Å². The van der Waals surface area contributed by atoms with Crippen molar-refractivity contribution in [3.8, 4) is 39.5 Å². The van der Waals surface area contributed by atoms with Gasteiger partial charge in [0.1, 0.15) is 11.0 Å². The standard InChI is InChI=1S/C47H33N3O/c1-2-3-26-45-41(30-35-31-42(32-16-7-4-8-17-32)49-47(48-35)33-18-9-5-10-19-33)40-24-15-23-37(46(40)51-45)34-27-28-39-38-22-13-14-25-43(38)50(44(39)29-34)36-20-11-6-12-21-36/h2-31H,1H3/b3-2-,41-30?,45-26+. The first kappa shape index (κ1) is 30.3. The van der Waals surface area contributed by atoms with Gasteiger partial charge in [-0.3, -0.25) is 0 Å². The molecule has 0 fully saturated rings. The molecule has 0 aliphatic carbocycles. The van der Waals surface area contributed by atoms with Crippen molar-refractivity contribution >= 4 is 44.9 Å². The van der Waals surface area contributed by atoms with Crippen molar-refractivity contribution in [1.82, 2.24) is 14.5 Å². The Hall–Kier alpha value is -6.78. The van der Waals surface area contributed by atoms with Crippen LogP contribution in [-0.2, 0) is 0 Å². The normalized spacial score (nSPS) is 12.6. The van der Waals surface area contributed by atoms with Gasteiger partial charge in [0.2, 0.25) is 0 Å². The van der Waals surface area contributed by atoms with E-state index in [-0.39, 0.29) is 0 Å². The van der Waals surface area contributed by atoms with E-state index in [1.165, 1.54) is 16.3 Å². The maximum absolute atomic E-state index is 6.79. The van der Waals surface area contributed by atoms with Gasteiger partial charge >= 0.3 is 0 Å². The molecule has 0 aliphatic heterocycles. The molecule has 51 heavy (non-hydrogen) atoms. The van der Waals surface area contributed by atoms with Crippen molar-refractivity contribution in [2.45, 2.75) is 6.92 Å². The van der Waals surface area contributed by atoms with Crippen LogP contribution < -0.4 is 10.6 Å². The first-order valence-electron chi connectivity index (χ1n) is 17.2. The van der Waals surface area contributed by atoms with Gasteiger partial charge in [-0.15, -0.1) is 0 Å². The molecule has 4 nitrogen and oxygen atoms in total. The molecule has 4 heteroatoms. The summed E-state index contributed by atoms with van der Waals surface area (Å²) in [5.74, 6) is 0.679. The maximum atomic E-state index is 6.79. The minimum Gasteiger partial charge on any atom is -0.455 e. The van der Waals surface area contributed by atoms with Gasteiger partial charge in [0.15, 0.2) is 5.82 Å². The fourth-order valence-electron chi connectivity index (χ4n) is 6.99. The van der Waals surface area contributed by atoms with Crippen LogP contribution in [0.3, 0.4) is 0 Å². The number of benzene rings is 6. The first-order chi connectivity index (χ1) is 25.2. The third kappa shape index (κ3) is 5.53. The third-order valence-electron chi connectivity index (χ3n) is 9.36. The van der Waals surface area contributed by atoms with Crippen LogP contribution in [0.2, 0.25) is 0 Å². The van der Waals surface area contributed by atoms with E-state index in [1.807, 2.05) is 73.7 Å². The number of hydrogen-bond acceptors (Lipinski definition) is 3. The van der Waals surface area contributed by atoms with Gasteiger partial charge in [-0.2, -0.15) is 0 Å². The monoisotopic (exact) mass is 655 g/mol. The van der Waals surface area contributed by atoms with E-state index < -0.39 is 0 Å². The smallest absolute Gasteiger partial charge is 0.160 e. The molecule has 3 aromatic heterocycles. The molecule has 0 N–H and O–H groups in total. The number of aromatic nitrogens is 3. The SMILES string of the molecule is C/C=C\C=c1\oc2c(-c3ccc4c5ccccc5n(-c5ccccc5)c4c3)cccc2c1=Cc1cc(-c2ccccc2)nc(-c2ccccc2)n1. The number of nitrogens with zero attached hydrogens (tertiary/aromatic N) is 3. The third-order valence-corrected chi connectivity index (χ3v) is 9.36. The number of fused-ring (bicyclic) bond motifs is 4. The highest BCUT2D eigenvalue weighted by molar-refractivity contribution is 6.10. The van der Waals surface area contributed by atoms with Gasteiger partial charge in [0, 0.05) is 43.8 Å². The van der Waals surface area contributed by atoms with E-state index in [0.717, 1.165) is 66.4 Å². The van der Waals surface area contributed by atoms with Crippen LogP contribution in [0, 0.1) is 0 Å². The van der Waals surface area contributed by atoms with Gasteiger partial charge in [0.25, 0.3) is 0 Å². The van der Waals surface area contributed by atoms with Crippen molar-refractivity contribution in [2.24, 2.45) is 0 Å². The van der Waals surface area contributed by atoms with Crippen molar-refractivity contribution < 1.29 is 4.42 Å². The molecule has 0 saturated carbocycles. The minimum atomic E-state index is 0.679. The molecular formula is C47H33N3O. The molecule has 242 valence electrons. The number of rotatable bonds is 6. The summed E-state index contributed by atoms with van der Waals surface area (Å²) in [5.41, 5.74) is 10.9. The Morgan fingerprint density at radius 1 is 0.569 bits per heavy atom. The summed E-state index contributed by atoms with van der Waals surface area (Å²) in [6.45, 7) is 2.01. The van der Waals surface area contributed by atoms with Crippen LogP contribution >= 0.6 is 0 Å². The zero-order chi connectivity index (χ0) is 34.1. The molecule has 0 bridgehead atoms. The molecule has 9 rings (SSSR count). The Bertz CT molecular complexity index is 2790. The van der Waals surface area contributed by atoms with Crippen LogP contribution in [0.15, 0.2) is 174 Å². The summed E-state index contributed by atoms with van der Waals surface area (Å²) in [7, 11) is 0. The molecule has 0 radical (unpaired) electrons. The summed E-state index contributed by atoms with van der Waals surface area (Å²) in [6.07, 6.45) is 8.19. The van der Waals surface area contributed by atoms with Crippen molar-refractivity contribution in [2.75, 3.05) is 0 Å². The Kier molecular flexibility index (Phi) is 7.67. The van der Waals surface area contributed by atoms with E-state index in [4.69, 9.17) is 14.4 Å². The highest BCUT2D eigenvalue weighted by atomic mass is 16.3. The fraction of sp³-hybridized carbons (Fsp3) is 0.0213. The highest BCUT2D eigenvalue weighted by Gasteiger charge is 2.16. The molecule has 0 saturated heterocycles. The lowest BCUT2D eigenvalue weighted by Crippen LogP contribution is -2.20. The average molecular weight is 656 g/mol. The molecule has 0 aliphatic rings. The van der Waals surface area contributed by atoms with Crippen molar-refractivity contribution in [1.29, 1.82) is 0 Å². The number of furan rings is 1. The average Bonchev–Trinajstić information content (AvgIpc) is 3.72. The summed E-state index contributed by atoms with van der Waals surface area (Å²) >= 11 is 0.